The minimum absolute atomic E-state index is 0.142. The van der Waals surface area contributed by atoms with Gasteiger partial charge in [0, 0.05) is 16.8 Å². The molecule has 0 atom stereocenters. The standard InChI is InChI=1S/C16H12ClF2N2S/c1-7(2)12-6-22-16(21-12)9-5-20-11-4-10(18)15(19)8(3)13(11)14(9)17/h4,6-7H,1-3H3. The Morgan fingerprint density at radius 2 is 2.05 bits per heavy atom. The van der Waals surface area contributed by atoms with Gasteiger partial charge in [0.15, 0.2) is 11.6 Å². The molecule has 22 heavy (non-hydrogen) atoms. The summed E-state index contributed by atoms with van der Waals surface area (Å²) in [7, 11) is 0. The summed E-state index contributed by atoms with van der Waals surface area (Å²) in [4.78, 5) is 8.60. The van der Waals surface area contributed by atoms with Gasteiger partial charge < -0.3 is 0 Å². The van der Waals surface area contributed by atoms with Crippen molar-refractivity contribution in [2.24, 2.45) is 0 Å². The lowest BCUT2D eigenvalue weighted by molar-refractivity contribution is 0.505. The average molecular weight is 338 g/mol. The van der Waals surface area contributed by atoms with Crippen molar-refractivity contribution in [2.75, 3.05) is 0 Å². The van der Waals surface area contributed by atoms with Gasteiger partial charge in [0.05, 0.1) is 21.8 Å². The highest BCUT2D eigenvalue weighted by molar-refractivity contribution is 7.13. The van der Waals surface area contributed by atoms with Gasteiger partial charge in [-0.3, -0.25) is 0 Å². The molecule has 0 saturated heterocycles. The zero-order valence-electron chi connectivity index (χ0n) is 12.2. The lowest BCUT2D eigenvalue weighted by Gasteiger charge is -2.08. The first-order valence-corrected chi connectivity index (χ1v) is 7.97. The molecule has 0 fully saturated rings. The minimum Gasteiger partial charge on any atom is -0.245 e. The second-order valence-electron chi connectivity index (χ2n) is 5.34. The molecule has 0 aliphatic carbocycles. The number of nitrogens with zero attached hydrogens (tertiary/aromatic N) is 2. The Kier molecular flexibility index (Phi) is 3.87. The van der Waals surface area contributed by atoms with Gasteiger partial charge in [0.25, 0.3) is 0 Å². The van der Waals surface area contributed by atoms with Crippen LogP contribution in [0.1, 0.15) is 31.0 Å². The first-order chi connectivity index (χ1) is 10.4. The van der Waals surface area contributed by atoms with E-state index in [0.29, 0.717) is 26.9 Å². The van der Waals surface area contributed by atoms with Crippen LogP contribution in [0.5, 0.6) is 0 Å². The predicted molar refractivity (Wildman–Crippen MR) is 85.4 cm³/mol. The molecule has 0 N–H and O–H groups in total. The van der Waals surface area contributed by atoms with E-state index in [1.165, 1.54) is 18.3 Å². The van der Waals surface area contributed by atoms with Crippen LogP contribution in [-0.4, -0.2) is 9.97 Å². The molecule has 0 aliphatic heterocycles. The van der Waals surface area contributed by atoms with E-state index in [4.69, 9.17) is 11.6 Å². The van der Waals surface area contributed by atoms with Crippen molar-refractivity contribution < 1.29 is 8.78 Å². The van der Waals surface area contributed by atoms with Crippen LogP contribution in [0, 0.1) is 24.8 Å². The van der Waals surface area contributed by atoms with E-state index < -0.39 is 11.6 Å². The summed E-state index contributed by atoms with van der Waals surface area (Å²) in [6.07, 6.45) is 2.80. The van der Waals surface area contributed by atoms with Gasteiger partial charge in [0.1, 0.15) is 11.2 Å². The summed E-state index contributed by atoms with van der Waals surface area (Å²) >= 11 is 7.83. The number of pyridine rings is 1. The predicted octanol–water partition coefficient (Wildman–Crippen LogP) is 5.52. The number of aromatic nitrogens is 2. The van der Waals surface area contributed by atoms with Crippen LogP contribution in [0.3, 0.4) is 0 Å². The zero-order chi connectivity index (χ0) is 16.0. The summed E-state index contributed by atoms with van der Waals surface area (Å²) in [6.45, 7) is 5.58. The highest BCUT2D eigenvalue weighted by atomic mass is 35.5. The van der Waals surface area contributed by atoms with Gasteiger partial charge in [-0.15, -0.1) is 11.3 Å². The van der Waals surface area contributed by atoms with Crippen LogP contribution in [0.25, 0.3) is 21.5 Å². The Bertz CT molecular complexity index is 874. The number of fused-ring (bicyclic) bond motifs is 1. The highest BCUT2D eigenvalue weighted by Crippen LogP contribution is 2.37. The maximum Gasteiger partial charge on any atom is 0.162 e. The molecule has 3 aromatic rings. The van der Waals surface area contributed by atoms with Gasteiger partial charge in [-0.05, 0) is 18.4 Å². The van der Waals surface area contributed by atoms with E-state index in [0.717, 1.165) is 11.8 Å². The summed E-state index contributed by atoms with van der Waals surface area (Å²) in [5, 5.41) is 3.32. The van der Waals surface area contributed by atoms with Crippen LogP contribution in [-0.2, 0) is 0 Å². The molecule has 113 valence electrons. The third-order valence-corrected chi connectivity index (χ3v) is 4.74. The second kappa shape index (κ2) is 5.56. The molecule has 0 bridgehead atoms. The molecule has 2 heterocycles. The third-order valence-electron chi connectivity index (χ3n) is 3.49. The Morgan fingerprint density at radius 1 is 1.32 bits per heavy atom. The lowest BCUT2D eigenvalue weighted by atomic mass is 10.1. The van der Waals surface area contributed by atoms with E-state index in [1.54, 1.807) is 0 Å². The van der Waals surface area contributed by atoms with Crippen molar-refractivity contribution in [1.29, 1.82) is 0 Å². The molecule has 0 unspecified atom stereocenters. The number of hydrogen-bond acceptors (Lipinski definition) is 3. The number of rotatable bonds is 2. The maximum atomic E-state index is 13.8. The molecule has 0 aliphatic rings. The van der Waals surface area contributed by atoms with Crippen molar-refractivity contribution in [1.82, 2.24) is 9.97 Å². The van der Waals surface area contributed by atoms with Crippen molar-refractivity contribution in [3.05, 3.63) is 45.6 Å². The molecular weight excluding hydrogens is 326 g/mol. The molecule has 1 radical (unpaired) electrons. The Morgan fingerprint density at radius 3 is 2.68 bits per heavy atom. The third kappa shape index (κ3) is 2.38. The lowest BCUT2D eigenvalue weighted by Crippen LogP contribution is -1.95. The quantitative estimate of drug-likeness (QED) is 0.615. The fourth-order valence-electron chi connectivity index (χ4n) is 2.20. The average Bonchev–Trinajstić information content (AvgIpc) is 2.94. The summed E-state index contributed by atoms with van der Waals surface area (Å²) in [6, 6.07) is 1.03. The van der Waals surface area contributed by atoms with Crippen molar-refractivity contribution in [3.63, 3.8) is 0 Å². The first kappa shape index (κ1) is 15.3. The number of hydrogen-bond donors (Lipinski definition) is 0. The topological polar surface area (TPSA) is 25.8 Å². The molecule has 0 spiro atoms. The van der Waals surface area contributed by atoms with Crippen molar-refractivity contribution in [3.8, 4) is 10.6 Å². The highest BCUT2D eigenvalue weighted by Gasteiger charge is 2.18. The van der Waals surface area contributed by atoms with Crippen LogP contribution < -0.4 is 0 Å². The van der Waals surface area contributed by atoms with Gasteiger partial charge >= 0.3 is 0 Å². The molecule has 2 nitrogen and oxygen atoms in total. The van der Waals surface area contributed by atoms with Crippen LogP contribution in [0.4, 0.5) is 8.78 Å². The fourth-order valence-corrected chi connectivity index (χ4v) is 3.61. The van der Waals surface area contributed by atoms with E-state index in [9.17, 15) is 8.78 Å². The van der Waals surface area contributed by atoms with Crippen LogP contribution in [0.15, 0.2) is 11.4 Å². The summed E-state index contributed by atoms with van der Waals surface area (Å²) < 4.78 is 27.3. The van der Waals surface area contributed by atoms with Crippen LogP contribution in [0.2, 0.25) is 5.02 Å². The Hall–Kier alpha value is -1.59. The molecule has 0 saturated carbocycles. The number of benzene rings is 1. The number of thiazole rings is 1. The van der Waals surface area contributed by atoms with Gasteiger partial charge in [-0.1, -0.05) is 25.4 Å². The van der Waals surface area contributed by atoms with Crippen LogP contribution >= 0.6 is 22.9 Å². The fraction of sp³-hybridized carbons (Fsp3) is 0.250. The Balaban J connectivity index is 2.25. The SMILES string of the molecule is Cc1c(F)c(F)cc2n[c]c(-c3nc(C(C)C)cs3)c(Cl)c12. The number of halogens is 3. The maximum absolute atomic E-state index is 13.8. The largest absolute Gasteiger partial charge is 0.245 e. The first-order valence-electron chi connectivity index (χ1n) is 6.71. The monoisotopic (exact) mass is 337 g/mol. The normalized spacial score (nSPS) is 11.6. The Labute approximate surface area is 135 Å². The second-order valence-corrected chi connectivity index (χ2v) is 6.57. The molecular formula is C16H12ClF2N2S. The molecule has 2 aromatic heterocycles. The smallest absolute Gasteiger partial charge is 0.162 e. The van der Waals surface area contributed by atoms with Crippen molar-refractivity contribution >= 4 is 33.8 Å². The van der Waals surface area contributed by atoms with Crippen molar-refractivity contribution in [2.45, 2.75) is 26.7 Å². The summed E-state index contributed by atoms with van der Waals surface area (Å²) in [5.41, 5.74) is 1.89. The van der Waals surface area contributed by atoms with Gasteiger partial charge in [-0.2, -0.15) is 0 Å². The molecule has 1 aromatic carbocycles. The van der Waals surface area contributed by atoms with E-state index in [-0.39, 0.29) is 11.1 Å². The van der Waals surface area contributed by atoms with E-state index in [2.05, 4.69) is 16.2 Å². The molecule has 0 amide bonds. The molecule has 6 heteroatoms. The molecule has 3 rings (SSSR count). The van der Waals surface area contributed by atoms with E-state index >= 15 is 0 Å². The zero-order valence-corrected chi connectivity index (χ0v) is 13.7. The summed E-state index contributed by atoms with van der Waals surface area (Å²) in [5.74, 6) is -1.55. The number of aryl methyl sites for hydroxylation is 1. The van der Waals surface area contributed by atoms with E-state index in [1.807, 2.05) is 19.2 Å². The van der Waals surface area contributed by atoms with Gasteiger partial charge in [-0.25, -0.2) is 18.7 Å². The van der Waals surface area contributed by atoms with Gasteiger partial charge in [0.2, 0.25) is 0 Å². The minimum atomic E-state index is -0.939.